The minimum absolute atomic E-state index is 0.296. The maximum atomic E-state index is 9.44. The van der Waals surface area contributed by atoms with Crippen LogP contribution in [0, 0.1) is 0 Å². The van der Waals surface area contributed by atoms with Crippen LogP contribution in [0.4, 0.5) is 0 Å². The number of nitrogens with zero attached hydrogens (tertiary/aromatic N) is 1. The molecule has 0 fully saturated rings. The zero-order valence-corrected chi connectivity index (χ0v) is 8.93. The van der Waals surface area contributed by atoms with Gasteiger partial charge in [0.1, 0.15) is 0 Å². The van der Waals surface area contributed by atoms with Crippen molar-refractivity contribution in [3.8, 4) is 0 Å². The normalized spacial score (nSPS) is 16.1. The molecule has 3 heteroatoms. The molecule has 1 atom stereocenters. The predicted molar refractivity (Wildman–Crippen MR) is 33.8 cm³/mol. The molecular formula is C6H14NOZr. The van der Waals surface area contributed by atoms with Gasteiger partial charge in [-0.15, -0.1) is 0 Å². The van der Waals surface area contributed by atoms with Crippen LogP contribution in [0.3, 0.4) is 0 Å². The standard InChI is InChI=1S/C6H14NO.Zr/c1-6(2,8)5-7(3)4;/h5,8H,1-4H3;. The number of rotatable bonds is 2. The average Bonchev–Trinajstić information content (AvgIpc) is 1.62. The topological polar surface area (TPSA) is 23.5 Å². The van der Waals surface area contributed by atoms with Crippen LogP contribution in [0.1, 0.15) is 13.8 Å². The molecule has 0 bridgehead atoms. The van der Waals surface area contributed by atoms with E-state index in [1.54, 1.807) is 0 Å². The van der Waals surface area contributed by atoms with Crippen molar-refractivity contribution in [2.45, 2.75) is 23.2 Å². The van der Waals surface area contributed by atoms with Crippen LogP contribution >= 0.6 is 0 Å². The third-order valence-electron chi connectivity index (χ3n) is 1.19. The summed E-state index contributed by atoms with van der Waals surface area (Å²) in [6.45, 7) is 3.68. The first-order valence-electron chi connectivity index (χ1n) is 2.95. The van der Waals surface area contributed by atoms with Gasteiger partial charge in [-0.1, -0.05) is 0 Å². The van der Waals surface area contributed by atoms with Crippen molar-refractivity contribution in [1.29, 1.82) is 0 Å². The Balaban J connectivity index is 3.88. The van der Waals surface area contributed by atoms with Gasteiger partial charge in [-0.05, 0) is 0 Å². The van der Waals surface area contributed by atoms with Crippen molar-refractivity contribution in [2.75, 3.05) is 14.1 Å². The Bertz CT molecular complexity index is 87.5. The summed E-state index contributed by atoms with van der Waals surface area (Å²) in [5.74, 6) is 0. The molecule has 0 aromatic heterocycles. The molecule has 0 amide bonds. The van der Waals surface area contributed by atoms with Crippen LogP contribution < -0.4 is 0 Å². The van der Waals surface area contributed by atoms with Crippen LogP contribution in [0.15, 0.2) is 0 Å². The van der Waals surface area contributed by atoms with Crippen LogP contribution in [0.25, 0.3) is 0 Å². The van der Waals surface area contributed by atoms with E-state index in [4.69, 9.17) is 0 Å². The van der Waals surface area contributed by atoms with Gasteiger partial charge in [0, 0.05) is 0 Å². The first-order valence-corrected chi connectivity index (χ1v) is 4.37. The zero-order chi connectivity index (χ0) is 7.65. The summed E-state index contributed by atoms with van der Waals surface area (Å²) < 4.78 is 0.296. The summed E-state index contributed by atoms with van der Waals surface area (Å²) >= 11 is 1.36. The molecule has 9 heavy (non-hydrogen) atoms. The number of aliphatic hydroxyl groups is 1. The van der Waals surface area contributed by atoms with Crippen molar-refractivity contribution < 1.29 is 29.8 Å². The summed E-state index contributed by atoms with van der Waals surface area (Å²) in [6.07, 6.45) is 0. The molecule has 0 saturated heterocycles. The minimum atomic E-state index is -0.554. The molecule has 0 radical (unpaired) electrons. The summed E-state index contributed by atoms with van der Waals surface area (Å²) in [6, 6.07) is 0. The number of likely N-dealkylation sites (N-methyl/N-ethyl adjacent to an activating group) is 1. The Morgan fingerprint density at radius 1 is 1.44 bits per heavy atom. The van der Waals surface area contributed by atoms with E-state index in [0.29, 0.717) is 3.75 Å². The molecule has 0 aliphatic heterocycles. The van der Waals surface area contributed by atoms with Gasteiger partial charge in [0.15, 0.2) is 0 Å². The summed E-state index contributed by atoms with van der Waals surface area (Å²) in [5.41, 5.74) is -0.554. The van der Waals surface area contributed by atoms with Crippen molar-refractivity contribution in [3.63, 3.8) is 0 Å². The van der Waals surface area contributed by atoms with Gasteiger partial charge in [-0.3, -0.25) is 0 Å². The van der Waals surface area contributed by atoms with Crippen LogP contribution in [0.2, 0.25) is 0 Å². The van der Waals surface area contributed by atoms with Crippen molar-refractivity contribution in [1.82, 2.24) is 4.90 Å². The van der Waals surface area contributed by atoms with Gasteiger partial charge in [-0.2, -0.15) is 0 Å². The monoisotopic (exact) mass is 206 g/mol. The Morgan fingerprint density at radius 3 is 1.78 bits per heavy atom. The van der Waals surface area contributed by atoms with E-state index in [2.05, 4.69) is 0 Å². The van der Waals surface area contributed by atoms with Gasteiger partial charge in [0.25, 0.3) is 0 Å². The van der Waals surface area contributed by atoms with E-state index in [1.807, 2.05) is 32.8 Å². The van der Waals surface area contributed by atoms with Crippen molar-refractivity contribution >= 4 is 0 Å². The molecule has 53 valence electrons. The molecular weight excluding hydrogens is 193 g/mol. The summed E-state index contributed by atoms with van der Waals surface area (Å²) in [7, 11) is 3.97. The first kappa shape index (κ1) is 9.80. The summed E-state index contributed by atoms with van der Waals surface area (Å²) in [4.78, 5) is 2.04. The molecule has 0 aromatic carbocycles. The Morgan fingerprint density at radius 2 is 1.78 bits per heavy atom. The second kappa shape index (κ2) is 3.27. The molecule has 0 aromatic rings. The van der Waals surface area contributed by atoms with E-state index < -0.39 is 5.60 Å². The Labute approximate surface area is 72.1 Å². The molecule has 0 spiro atoms. The second-order valence-electron chi connectivity index (χ2n) is 3.02. The second-order valence-corrected chi connectivity index (χ2v) is 4.36. The zero-order valence-electron chi connectivity index (χ0n) is 6.47. The molecule has 0 aliphatic carbocycles. The van der Waals surface area contributed by atoms with E-state index in [-0.39, 0.29) is 0 Å². The van der Waals surface area contributed by atoms with Gasteiger partial charge in [0.05, 0.1) is 0 Å². The maximum absolute atomic E-state index is 9.44. The van der Waals surface area contributed by atoms with Gasteiger partial charge >= 0.3 is 72.0 Å². The fourth-order valence-corrected chi connectivity index (χ4v) is 0.632. The van der Waals surface area contributed by atoms with Crippen molar-refractivity contribution in [3.05, 3.63) is 0 Å². The molecule has 0 saturated carbocycles. The van der Waals surface area contributed by atoms with Gasteiger partial charge < -0.3 is 0 Å². The van der Waals surface area contributed by atoms with Crippen LogP contribution in [-0.4, -0.2) is 33.5 Å². The first-order chi connectivity index (χ1) is 3.85. The number of hydrogen-bond donors (Lipinski definition) is 1. The van der Waals surface area contributed by atoms with Crippen molar-refractivity contribution in [2.24, 2.45) is 0 Å². The van der Waals surface area contributed by atoms with E-state index in [1.165, 1.54) is 24.7 Å². The average molecular weight is 207 g/mol. The molecule has 0 aliphatic rings. The molecule has 1 N–H and O–H groups in total. The summed E-state index contributed by atoms with van der Waals surface area (Å²) in [5, 5.41) is 9.44. The SMILES string of the molecule is CN(C)[CH]([Zr])C(C)(C)O. The van der Waals surface area contributed by atoms with E-state index in [9.17, 15) is 5.11 Å². The van der Waals surface area contributed by atoms with E-state index >= 15 is 0 Å². The quantitative estimate of drug-likeness (QED) is 0.699. The van der Waals surface area contributed by atoms with Crippen LogP contribution in [0.5, 0.6) is 0 Å². The third-order valence-corrected chi connectivity index (χ3v) is 4.19. The van der Waals surface area contributed by atoms with Gasteiger partial charge in [0.2, 0.25) is 0 Å². The van der Waals surface area contributed by atoms with Crippen LogP contribution in [-0.2, 0) is 24.7 Å². The Kier molecular flexibility index (Phi) is 3.56. The molecule has 0 rings (SSSR count). The Hall–Kier alpha value is 0.803. The predicted octanol–water partition coefficient (Wildman–Crippen LogP) is 0.192. The van der Waals surface area contributed by atoms with E-state index in [0.717, 1.165) is 0 Å². The fraction of sp³-hybridized carbons (Fsp3) is 1.00. The molecule has 2 nitrogen and oxygen atoms in total. The third kappa shape index (κ3) is 3.49. The number of hydrogen-bond acceptors (Lipinski definition) is 2. The molecule has 0 heterocycles. The van der Waals surface area contributed by atoms with Gasteiger partial charge in [-0.25, -0.2) is 0 Å². The molecule has 1 unspecified atom stereocenters. The fourth-order valence-electron chi connectivity index (χ4n) is 0.632.